The van der Waals surface area contributed by atoms with Crippen molar-refractivity contribution in [2.45, 2.75) is 0 Å². The number of nitrogens with zero attached hydrogens (tertiary/aromatic N) is 1. The van der Waals surface area contributed by atoms with Gasteiger partial charge in [-0.1, -0.05) is 6.07 Å². The van der Waals surface area contributed by atoms with Crippen LogP contribution >= 0.6 is 27.3 Å². The van der Waals surface area contributed by atoms with Crippen molar-refractivity contribution in [2.75, 3.05) is 5.32 Å². The fourth-order valence-corrected chi connectivity index (χ4v) is 3.24. The number of aromatic nitrogens is 1. The van der Waals surface area contributed by atoms with Crippen molar-refractivity contribution in [2.24, 2.45) is 7.05 Å². The number of amides is 1. The SMILES string of the molecule is Cn1cc(Br)cc1C(=O)Oc1ccc(NC(=O)c2cccs2)cc1. The van der Waals surface area contributed by atoms with E-state index in [4.69, 9.17) is 4.74 Å². The van der Waals surface area contributed by atoms with Crippen LogP contribution in [0.1, 0.15) is 20.2 Å². The zero-order valence-corrected chi connectivity index (χ0v) is 15.1. The number of aryl methyl sites for hydroxylation is 1. The van der Waals surface area contributed by atoms with E-state index in [2.05, 4.69) is 21.2 Å². The fourth-order valence-electron chi connectivity index (χ4n) is 2.09. The highest BCUT2D eigenvalue weighted by atomic mass is 79.9. The Morgan fingerprint density at radius 2 is 1.96 bits per heavy atom. The molecule has 0 saturated carbocycles. The maximum Gasteiger partial charge on any atom is 0.360 e. The molecule has 3 rings (SSSR count). The lowest BCUT2D eigenvalue weighted by molar-refractivity contribution is 0.0724. The number of thiophene rings is 1. The third kappa shape index (κ3) is 3.74. The van der Waals surface area contributed by atoms with E-state index in [1.54, 1.807) is 54.2 Å². The smallest absolute Gasteiger partial charge is 0.360 e. The predicted molar refractivity (Wildman–Crippen MR) is 96.8 cm³/mol. The molecule has 122 valence electrons. The van der Waals surface area contributed by atoms with Crippen LogP contribution in [0, 0.1) is 0 Å². The van der Waals surface area contributed by atoms with Crippen LogP contribution in [0.3, 0.4) is 0 Å². The van der Waals surface area contributed by atoms with Gasteiger partial charge < -0.3 is 14.6 Å². The molecule has 3 aromatic rings. The van der Waals surface area contributed by atoms with Gasteiger partial charge in [0.2, 0.25) is 0 Å². The van der Waals surface area contributed by atoms with E-state index in [9.17, 15) is 9.59 Å². The number of hydrogen-bond donors (Lipinski definition) is 1. The lowest BCUT2D eigenvalue weighted by Crippen LogP contribution is -2.13. The first kappa shape index (κ1) is 16.5. The molecule has 7 heteroatoms. The molecule has 0 aliphatic rings. The van der Waals surface area contributed by atoms with E-state index in [0.29, 0.717) is 22.0 Å². The van der Waals surface area contributed by atoms with Gasteiger partial charge in [0, 0.05) is 23.4 Å². The average molecular weight is 405 g/mol. The first-order valence-electron chi connectivity index (χ1n) is 7.02. The highest BCUT2D eigenvalue weighted by Gasteiger charge is 2.14. The first-order chi connectivity index (χ1) is 11.5. The molecule has 0 bridgehead atoms. The molecule has 24 heavy (non-hydrogen) atoms. The maximum atomic E-state index is 12.1. The molecule has 0 radical (unpaired) electrons. The second kappa shape index (κ2) is 7.02. The van der Waals surface area contributed by atoms with Gasteiger partial charge in [-0.2, -0.15) is 0 Å². The Morgan fingerprint density at radius 1 is 1.21 bits per heavy atom. The molecule has 0 atom stereocenters. The number of nitrogens with one attached hydrogen (secondary N) is 1. The number of esters is 1. The van der Waals surface area contributed by atoms with E-state index in [-0.39, 0.29) is 5.91 Å². The van der Waals surface area contributed by atoms with E-state index >= 15 is 0 Å². The zero-order valence-electron chi connectivity index (χ0n) is 12.7. The number of ether oxygens (including phenoxy) is 1. The Kier molecular flexibility index (Phi) is 4.82. The largest absolute Gasteiger partial charge is 0.422 e. The van der Waals surface area contributed by atoms with Crippen LogP contribution < -0.4 is 10.1 Å². The number of halogens is 1. The Bertz CT molecular complexity index is 870. The molecule has 1 N–H and O–H groups in total. The minimum atomic E-state index is -0.446. The normalized spacial score (nSPS) is 10.4. The van der Waals surface area contributed by atoms with Crippen LogP contribution in [0.4, 0.5) is 5.69 Å². The molecule has 2 aromatic heterocycles. The second-order valence-corrected chi connectivity index (χ2v) is 6.86. The lowest BCUT2D eigenvalue weighted by atomic mass is 10.3. The van der Waals surface area contributed by atoms with Crippen molar-refractivity contribution in [3.8, 4) is 5.75 Å². The predicted octanol–water partition coefficient (Wildman–Crippen LogP) is 4.32. The quantitative estimate of drug-likeness (QED) is 0.520. The number of carbonyl (C=O) groups is 2. The van der Waals surface area contributed by atoms with Crippen molar-refractivity contribution < 1.29 is 14.3 Å². The Labute approximate surface area is 151 Å². The number of hydrogen-bond acceptors (Lipinski definition) is 4. The van der Waals surface area contributed by atoms with Gasteiger partial charge in [0.25, 0.3) is 5.91 Å². The molecule has 0 fully saturated rings. The fraction of sp³-hybridized carbons (Fsp3) is 0.0588. The third-order valence-corrected chi connectivity index (χ3v) is 4.55. The van der Waals surface area contributed by atoms with Gasteiger partial charge in [-0.3, -0.25) is 4.79 Å². The maximum absolute atomic E-state index is 12.1. The van der Waals surface area contributed by atoms with Crippen LogP contribution in [0.15, 0.2) is 58.5 Å². The van der Waals surface area contributed by atoms with Crippen LogP contribution in [-0.4, -0.2) is 16.4 Å². The van der Waals surface area contributed by atoms with Gasteiger partial charge >= 0.3 is 5.97 Å². The first-order valence-corrected chi connectivity index (χ1v) is 8.69. The van der Waals surface area contributed by atoms with Crippen molar-refractivity contribution in [3.63, 3.8) is 0 Å². The summed E-state index contributed by atoms with van der Waals surface area (Å²) in [4.78, 5) is 24.7. The van der Waals surface area contributed by atoms with Gasteiger partial charge in [0.1, 0.15) is 11.4 Å². The third-order valence-electron chi connectivity index (χ3n) is 3.25. The molecule has 2 heterocycles. The molecule has 5 nitrogen and oxygen atoms in total. The molecular formula is C17H13BrN2O3S. The number of anilines is 1. The van der Waals surface area contributed by atoms with Gasteiger partial charge in [-0.25, -0.2) is 4.79 Å². The molecule has 1 aromatic carbocycles. The molecule has 0 saturated heterocycles. The Balaban J connectivity index is 1.65. The number of benzene rings is 1. The summed E-state index contributed by atoms with van der Waals surface area (Å²) < 4.78 is 7.83. The van der Waals surface area contributed by atoms with Gasteiger partial charge in [-0.05, 0) is 57.7 Å². The minimum absolute atomic E-state index is 0.164. The van der Waals surface area contributed by atoms with E-state index in [1.165, 1.54) is 11.3 Å². The second-order valence-electron chi connectivity index (χ2n) is 5.00. The van der Waals surface area contributed by atoms with Crippen molar-refractivity contribution in [3.05, 3.63) is 69.1 Å². The van der Waals surface area contributed by atoms with Crippen molar-refractivity contribution in [1.29, 1.82) is 0 Å². The zero-order chi connectivity index (χ0) is 17.1. The van der Waals surface area contributed by atoms with Gasteiger partial charge in [0.05, 0.1) is 4.88 Å². The van der Waals surface area contributed by atoms with Crippen molar-refractivity contribution >= 4 is 44.8 Å². The monoisotopic (exact) mass is 404 g/mol. The number of carbonyl (C=O) groups excluding carboxylic acids is 2. The highest BCUT2D eigenvalue weighted by molar-refractivity contribution is 9.10. The minimum Gasteiger partial charge on any atom is -0.422 e. The summed E-state index contributed by atoms with van der Waals surface area (Å²) in [7, 11) is 1.77. The standard InChI is InChI=1S/C17H13BrN2O3S/c1-20-10-11(18)9-14(20)17(22)23-13-6-4-12(5-7-13)19-16(21)15-3-2-8-24-15/h2-10H,1H3,(H,19,21). The van der Waals surface area contributed by atoms with Crippen LogP contribution in [0.2, 0.25) is 0 Å². The van der Waals surface area contributed by atoms with E-state index < -0.39 is 5.97 Å². The molecule has 0 unspecified atom stereocenters. The van der Waals surface area contributed by atoms with Crippen LogP contribution in [0.5, 0.6) is 5.75 Å². The summed E-state index contributed by atoms with van der Waals surface area (Å²) >= 11 is 4.69. The molecule has 1 amide bonds. The van der Waals surface area contributed by atoms with Gasteiger partial charge in [-0.15, -0.1) is 11.3 Å². The summed E-state index contributed by atoms with van der Waals surface area (Å²) in [5, 5.41) is 4.64. The highest BCUT2D eigenvalue weighted by Crippen LogP contribution is 2.20. The Hall–Kier alpha value is -2.38. The summed E-state index contributed by atoms with van der Waals surface area (Å²) in [5.74, 6) is -0.201. The summed E-state index contributed by atoms with van der Waals surface area (Å²) in [6, 6.07) is 11.9. The van der Waals surface area contributed by atoms with Crippen LogP contribution in [0.25, 0.3) is 0 Å². The molecule has 0 aliphatic carbocycles. The summed E-state index contributed by atoms with van der Waals surface area (Å²) in [6.45, 7) is 0. The van der Waals surface area contributed by atoms with Crippen molar-refractivity contribution in [1.82, 2.24) is 4.57 Å². The molecular weight excluding hydrogens is 392 g/mol. The summed E-state index contributed by atoms with van der Waals surface area (Å²) in [5.41, 5.74) is 1.08. The average Bonchev–Trinajstić information content (AvgIpc) is 3.19. The topological polar surface area (TPSA) is 60.3 Å². The Morgan fingerprint density at radius 3 is 2.54 bits per heavy atom. The van der Waals surface area contributed by atoms with E-state index in [1.807, 2.05) is 11.4 Å². The van der Waals surface area contributed by atoms with E-state index in [0.717, 1.165) is 4.47 Å². The molecule has 0 spiro atoms. The van der Waals surface area contributed by atoms with Gasteiger partial charge in [0.15, 0.2) is 0 Å². The lowest BCUT2D eigenvalue weighted by Gasteiger charge is -2.07. The number of rotatable bonds is 4. The molecule has 0 aliphatic heterocycles. The summed E-state index contributed by atoms with van der Waals surface area (Å²) in [6.07, 6.45) is 1.78. The van der Waals surface area contributed by atoms with Crippen LogP contribution in [-0.2, 0) is 7.05 Å².